The molecular weight excluding hydrogens is 218 g/mol. The molecule has 0 bridgehead atoms. The van der Waals surface area contributed by atoms with Crippen molar-refractivity contribution in [2.75, 3.05) is 5.73 Å². The van der Waals surface area contributed by atoms with Gasteiger partial charge in [-0.25, -0.2) is 4.79 Å². The van der Waals surface area contributed by atoms with Gasteiger partial charge in [-0.15, -0.1) is 24.0 Å². The molecule has 0 aliphatic carbocycles. The Morgan fingerprint density at radius 1 is 1.50 bits per heavy atom. The Morgan fingerprint density at radius 2 is 2.21 bits per heavy atom. The summed E-state index contributed by atoms with van der Waals surface area (Å²) in [6.45, 7) is 0. The van der Waals surface area contributed by atoms with E-state index in [0.29, 0.717) is 15.5 Å². The van der Waals surface area contributed by atoms with Crippen molar-refractivity contribution < 1.29 is 9.90 Å². The molecule has 2 rings (SSSR count). The van der Waals surface area contributed by atoms with Crippen molar-refractivity contribution >= 4 is 45.7 Å². The van der Waals surface area contributed by atoms with Crippen LogP contribution in [0.15, 0.2) is 23.1 Å². The number of benzene rings is 1. The monoisotopic (exact) mass is 225 g/mol. The SMILES string of the molecule is Nc1c(S)ccc2sc(C(=O)O)cc12. The predicted molar refractivity (Wildman–Crippen MR) is 60.4 cm³/mol. The minimum atomic E-state index is -0.925. The van der Waals surface area contributed by atoms with Crippen LogP contribution in [0, 0.1) is 0 Å². The summed E-state index contributed by atoms with van der Waals surface area (Å²) < 4.78 is 0.873. The van der Waals surface area contributed by atoms with E-state index in [1.807, 2.05) is 6.07 Å². The van der Waals surface area contributed by atoms with Gasteiger partial charge in [-0.3, -0.25) is 0 Å². The Morgan fingerprint density at radius 3 is 2.86 bits per heavy atom. The molecule has 1 aromatic heterocycles. The van der Waals surface area contributed by atoms with Crippen molar-refractivity contribution in [2.24, 2.45) is 0 Å². The zero-order chi connectivity index (χ0) is 10.3. The van der Waals surface area contributed by atoms with Crippen LogP contribution in [-0.2, 0) is 0 Å². The lowest BCUT2D eigenvalue weighted by atomic mass is 10.2. The molecule has 1 heterocycles. The molecule has 0 atom stereocenters. The molecule has 3 N–H and O–H groups in total. The van der Waals surface area contributed by atoms with E-state index in [4.69, 9.17) is 10.8 Å². The van der Waals surface area contributed by atoms with Crippen molar-refractivity contribution in [1.29, 1.82) is 0 Å². The third-order valence-corrected chi connectivity index (χ3v) is 3.41. The minimum Gasteiger partial charge on any atom is -0.477 e. The van der Waals surface area contributed by atoms with Gasteiger partial charge in [0.05, 0.1) is 5.69 Å². The molecule has 2 aromatic rings. The van der Waals surface area contributed by atoms with Crippen molar-refractivity contribution in [1.82, 2.24) is 0 Å². The highest BCUT2D eigenvalue weighted by Gasteiger charge is 2.10. The number of hydrogen-bond acceptors (Lipinski definition) is 4. The first-order valence-electron chi connectivity index (χ1n) is 3.84. The van der Waals surface area contributed by atoms with Gasteiger partial charge >= 0.3 is 5.97 Å². The molecule has 0 amide bonds. The third kappa shape index (κ3) is 1.34. The lowest BCUT2D eigenvalue weighted by Crippen LogP contribution is -1.90. The van der Waals surface area contributed by atoms with E-state index in [-0.39, 0.29) is 0 Å². The van der Waals surface area contributed by atoms with Crippen molar-refractivity contribution in [2.45, 2.75) is 4.90 Å². The first-order valence-corrected chi connectivity index (χ1v) is 5.10. The fourth-order valence-electron chi connectivity index (χ4n) is 1.23. The minimum absolute atomic E-state index is 0.297. The van der Waals surface area contributed by atoms with Gasteiger partial charge < -0.3 is 10.8 Å². The number of carboxylic acid groups (broad SMARTS) is 1. The summed E-state index contributed by atoms with van der Waals surface area (Å²) in [6.07, 6.45) is 0. The van der Waals surface area contributed by atoms with Crippen LogP contribution in [0.25, 0.3) is 10.1 Å². The van der Waals surface area contributed by atoms with Gasteiger partial charge in [-0.1, -0.05) is 0 Å². The van der Waals surface area contributed by atoms with Crippen LogP contribution in [0.4, 0.5) is 5.69 Å². The summed E-state index contributed by atoms with van der Waals surface area (Å²) in [5.41, 5.74) is 6.31. The second-order valence-electron chi connectivity index (χ2n) is 2.83. The maximum Gasteiger partial charge on any atom is 0.345 e. The third-order valence-electron chi connectivity index (χ3n) is 1.93. The van der Waals surface area contributed by atoms with Crippen LogP contribution < -0.4 is 5.73 Å². The molecular formula is C9H7NO2S2. The number of fused-ring (bicyclic) bond motifs is 1. The van der Waals surface area contributed by atoms with Crippen LogP contribution in [0.2, 0.25) is 0 Å². The quantitative estimate of drug-likeness (QED) is 0.516. The first kappa shape index (κ1) is 9.36. The van der Waals surface area contributed by atoms with E-state index in [2.05, 4.69) is 12.6 Å². The van der Waals surface area contributed by atoms with Gasteiger partial charge in [-0.2, -0.15) is 0 Å². The van der Waals surface area contributed by atoms with E-state index in [1.165, 1.54) is 11.3 Å². The molecule has 0 spiro atoms. The Labute approximate surface area is 89.6 Å². The maximum atomic E-state index is 10.7. The van der Waals surface area contributed by atoms with E-state index in [0.717, 1.165) is 10.1 Å². The molecule has 0 fully saturated rings. The molecule has 0 radical (unpaired) electrons. The standard InChI is InChI=1S/C9H7NO2S2/c10-8-4-3-7(9(11)12)14-6(4)2-1-5(8)13/h1-3,13H,10H2,(H,11,12). The number of rotatable bonds is 1. The summed E-state index contributed by atoms with van der Waals surface area (Å²) in [7, 11) is 0. The number of thiophene rings is 1. The number of anilines is 1. The Bertz CT molecular complexity index is 519. The Balaban J connectivity index is 2.77. The highest BCUT2D eigenvalue weighted by molar-refractivity contribution is 7.80. The van der Waals surface area contributed by atoms with Gasteiger partial charge in [0, 0.05) is 15.0 Å². The van der Waals surface area contributed by atoms with Gasteiger partial charge in [0.25, 0.3) is 0 Å². The second kappa shape index (κ2) is 3.18. The zero-order valence-electron chi connectivity index (χ0n) is 7.02. The van der Waals surface area contributed by atoms with Gasteiger partial charge in [0.15, 0.2) is 0 Å². The molecule has 0 saturated carbocycles. The number of carboxylic acids is 1. The average molecular weight is 225 g/mol. The van der Waals surface area contributed by atoms with Crippen molar-refractivity contribution in [3.05, 3.63) is 23.1 Å². The van der Waals surface area contributed by atoms with Gasteiger partial charge in [-0.05, 0) is 18.2 Å². The largest absolute Gasteiger partial charge is 0.477 e. The molecule has 72 valence electrons. The summed E-state index contributed by atoms with van der Waals surface area (Å²) in [5, 5.41) is 9.56. The topological polar surface area (TPSA) is 63.3 Å². The molecule has 3 nitrogen and oxygen atoms in total. The van der Waals surface area contributed by atoms with Crippen LogP contribution >= 0.6 is 24.0 Å². The molecule has 5 heteroatoms. The van der Waals surface area contributed by atoms with E-state index in [9.17, 15) is 4.79 Å². The molecule has 0 aliphatic rings. The smallest absolute Gasteiger partial charge is 0.345 e. The van der Waals surface area contributed by atoms with Gasteiger partial charge in [0.1, 0.15) is 4.88 Å². The highest BCUT2D eigenvalue weighted by Crippen LogP contribution is 2.33. The van der Waals surface area contributed by atoms with Crippen molar-refractivity contribution in [3.8, 4) is 0 Å². The summed E-state index contributed by atoms with van der Waals surface area (Å²) in [4.78, 5) is 11.7. The molecule has 1 aromatic carbocycles. The van der Waals surface area contributed by atoms with E-state index < -0.39 is 5.97 Å². The lowest BCUT2D eigenvalue weighted by molar-refractivity contribution is 0.0702. The molecule has 0 unspecified atom stereocenters. The number of nitrogens with two attached hydrogens (primary N) is 1. The summed E-state index contributed by atoms with van der Waals surface area (Å²) in [6, 6.07) is 5.17. The Kier molecular flexibility index (Phi) is 2.13. The second-order valence-corrected chi connectivity index (χ2v) is 4.39. The normalized spacial score (nSPS) is 10.6. The van der Waals surface area contributed by atoms with Crippen LogP contribution in [-0.4, -0.2) is 11.1 Å². The van der Waals surface area contributed by atoms with Crippen molar-refractivity contribution in [3.63, 3.8) is 0 Å². The highest BCUT2D eigenvalue weighted by atomic mass is 32.1. The van der Waals surface area contributed by atoms with Crippen LogP contribution in [0.1, 0.15) is 9.67 Å². The van der Waals surface area contributed by atoms with E-state index in [1.54, 1.807) is 12.1 Å². The number of thiol groups is 1. The number of carbonyl (C=O) groups is 1. The lowest BCUT2D eigenvalue weighted by Gasteiger charge is -1.98. The maximum absolute atomic E-state index is 10.7. The fraction of sp³-hybridized carbons (Fsp3) is 0. The molecule has 14 heavy (non-hydrogen) atoms. The van der Waals surface area contributed by atoms with E-state index >= 15 is 0 Å². The number of nitrogen functional groups attached to an aromatic ring is 1. The van der Waals surface area contributed by atoms with Gasteiger partial charge in [0.2, 0.25) is 0 Å². The summed E-state index contributed by atoms with van der Waals surface area (Å²) in [5.74, 6) is -0.925. The first-order chi connectivity index (χ1) is 6.59. The van der Waals surface area contributed by atoms with Crippen LogP contribution in [0.5, 0.6) is 0 Å². The predicted octanol–water partition coefficient (Wildman–Crippen LogP) is 2.47. The number of hydrogen-bond donors (Lipinski definition) is 3. The molecule has 0 aliphatic heterocycles. The van der Waals surface area contributed by atoms with Crippen LogP contribution in [0.3, 0.4) is 0 Å². The Hall–Kier alpha value is -1.20. The fourth-order valence-corrected chi connectivity index (χ4v) is 2.34. The summed E-state index contributed by atoms with van der Waals surface area (Å²) >= 11 is 5.38. The average Bonchev–Trinajstić information content (AvgIpc) is 2.56. The zero-order valence-corrected chi connectivity index (χ0v) is 8.73. The number of aromatic carboxylic acids is 1. The molecule has 0 saturated heterocycles.